The lowest BCUT2D eigenvalue weighted by Gasteiger charge is -2.06. The Labute approximate surface area is 110 Å². The average Bonchev–Trinajstić information content (AvgIpc) is 2.37. The minimum atomic E-state index is -0.270. The molecule has 0 aliphatic carbocycles. The Bertz CT molecular complexity index is 406. The molecule has 0 unspecified atom stereocenters. The van der Waals surface area contributed by atoms with Crippen molar-refractivity contribution in [3.8, 4) is 0 Å². The molecule has 0 fully saturated rings. The molecule has 1 aromatic carbocycles. The Balaban J connectivity index is 2.29. The summed E-state index contributed by atoms with van der Waals surface area (Å²) in [4.78, 5) is 27.5. The van der Waals surface area contributed by atoms with Crippen LogP contribution in [0, 0.1) is 0 Å². The van der Waals surface area contributed by atoms with Crippen LogP contribution >= 0.6 is 11.6 Å². The monoisotopic (exact) mass is 270 g/mol. The van der Waals surface area contributed by atoms with Crippen LogP contribution in [-0.4, -0.2) is 25.0 Å². The van der Waals surface area contributed by atoms with Crippen molar-refractivity contribution >= 4 is 23.4 Å². The van der Waals surface area contributed by atoms with E-state index in [1.807, 2.05) is 0 Å². The molecule has 1 rings (SSSR count). The zero-order valence-corrected chi connectivity index (χ0v) is 10.8. The first-order valence-corrected chi connectivity index (χ1v) is 5.95. The lowest BCUT2D eigenvalue weighted by Crippen LogP contribution is -2.30. The van der Waals surface area contributed by atoms with Gasteiger partial charge in [0.25, 0.3) is 5.91 Å². The van der Waals surface area contributed by atoms with Crippen LogP contribution in [-0.2, 0) is 9.63 Å². The van der Waals surface area contributed by atoms with Gasteiger partial charge in [-0.05, 0) is 31.2 Å². The van der Waals surface area contributed by atoms with E-state index in [1.54, 1.807) is 31.2 Å². The molecule has 0 spiro atoms. The number of carbonyl (C=O) groups is 2. The van der Waals surface area contributed by atoms with Crippen LogP contribution in [0.15, 0.2) is 24.3 Å². The van der Waals surface area contributed by atoms with Crippen molar-refractivity contribution in [3.63, 3.8) is 0 Å². The Morgan fingerprint density at radius 1 is 1.28 bits per heavy atom. The molecule has 0 aromatic heterocycles. The Morgan fingerprint density at radius 3 is 2.56 bits per heavy atom. The molecular weight excluding hydrogens is 256 g/mol. The third kappa shape index (κ3) is 5.16. The number of halogens is 1. The topological polar surface area (TPSA) is 67.4 Å². The number of carbonyl (C=O) groups excluding carboxylic acids is 2. The van der Waals surface area contributed by atoms with Crippen molar-refractivity contribution < 1.29 is 14.4 Å². The van der Waals surface area contributed by atoms with Gasteiger partial charge in [-0.1, -0.05) is 11.6 Å². The number of hydrogen-bond acceptors (Lipinski definition) is 3. The highest BCUT2D eigenvalue weighted by molar-refractivity contribution is 6.30. The lowest BCUT2D eigenvalue weighted by atomic mass is 10.2. The van der Waals surface area contributed by atoms with Gasteiger partial charge in [-0.2, -0.15) is 0 Å². The molecule has 98 valence electrons. The number of rotatable bonds is 6. The fourth-order valence-electron chi connectivity index (χ4n) is 1.20. The number of nitrogens with one attached hydrogen (secondary N) is 2. The lowest BCUT2D eigenvalue weighted by molar-refractivity contribution is -0.133. The molecule has 0 aliphatic rings. The molecule has 18 heavy (non-hydrogen) atoms. The molecule has 0 bridgehead atoms. The molecule has 5 nitrogen and oxygen atoms in total. The summed E-state index contributed by atoms with van der Waals surface area (Å²) in [6.07, 6.45) is 0.166. The highest BCUT2D eigenvalue weighted by atomic mass is 35.5. The summed E-state index contributed by atoms with van der Waals surface area (Å²) < 4.78 is 0. The first-order valence-electron chi connectivity index (χ1n) is 5.58. The normalized spacial score (nSPS) is 9.89. The SMILES string of the molecule is CCONC(=O)CCNC(=O)c1ccc(Cl)cc1. The number of hydrogen-bond donors (Lipinski definition) is 2. The van der Waals surface area contributed by atoms with Crippen molar-refractivity contribution in [3.05, 3.63) is 34.9 Å². The minimum absolute atomic E-state index is 0.166. The third-order valence-electron chi connectivity index (χ3n) is 2.07. The van der Waals surface area contributed by atoms with Crippen LogP contribution in [0.25, 0.3) is 0 Å². The molecule has 0 atom stereocenters. The molecule has 0 saturated heterocycles. The van der Waals surface area contributed by atoms with Crippen molar-refractivity contribution in [1.82, 2.24) is 10.8 Å². The highest BCUT2D eigenvalue weighted by Gasteiger charge is 2.06. The third-order valence-corrected chi connectivity index (χ3v) is 2.33. The smallest absolute Gasteiger partial charge is 0.251 e. The summed E-state index contributed by atoms with van der Waals surface area (Å²) in [7, 11) is 0. The molecule has 6 heteroatoms. The highest BCUT2D eigenvalue weighted by Crippen LogP contribution is 2.09. The minimum Gasteiger partial charge on any atom is -0.352 e. The maximum atomic E-state index is 11.6. The van der Waals surface area contributed by atoms with Gasteiger partial charge in [-0.15, -0.1) is 0 Å². The van der Waals surface area contributed by atoms with E-state index in [-0.39, 0.29) is 24.8 Å². The van der Waals surface area contributed by atoms with E-state index >= 15 is 0 Å². The van der Waals surface area contributed by atoms with Crippen LogP contribution in [0.4, 0.5) is 0 Å². The van der Waals surface area contributed by atoms with Gasteiger partial charge in [0.1, 0.15) is 0 Å². The van der Waals surface area contributed by atoms with Crippen molar-refractivity contribution in [2.45, 2.75) is 13.3 Å². The second kappa shape index (κ2) is 7.68. The number of benzene rings is 1. The Kier molecular flexibility index (Phi) is 6.18. The van der Waals surface area contributed by atoms with Gasteiger partial charge in [0.15, 0.2) is 0 Å². The molecule has 0 heterocycles. The summed E-state index contributed by atoms with van der Waals surface area (Å²) in [6.45, 7) is 2.42. The summed E-state index contributed by atoms with van der Waals surface area (Å²) in [6, 6.07) is 6.52. The first-order chi connectivity index (χ1) is 8.63. The Hall–Kier alpha value is -1.59. The zero-order chi connectivity index (χ0) is 13.4. The van der Waals surface area contributed by atoms with E-state index in [2.05, 4.69) is 10.8 Å². The van der Waals surface area contributed by atoms with E-state index in [9.17, 15) is 9.59 Å². The zero-order valence-electron chi connectivity index (χ0n) is 10.0. The van der Waals surface area contributed by atoms with E-state index < -0.39 is 0 Å². The quantitative estimate of drug-likeness (QED) is 0.771. The van der Waals surface area contributed by atoms with E-state index in [4.69, 9.17) is 16.4 Å². The second-order valence-corrected chi connectivity index (χ2v) is 3.91. The average molecular weight is 271 g/mol. The predicted molar refractivity (Wildman–Crippen MR) is 68.2 cm³/mol. The predicted octanol–water partition coefficient (Wildman–Crippen LogP) is 1.53. The molecular formula is C12H15ClN2O3. The van der Waals surface area contributed by atoms with Gasteiger partial charge in [0.05, 0.1) is 6.61 Å². The summed E-state index contributed by atoms with van der Waals surface area (Å²) in [5.41, 5.74) is 2.75. The van der Waals surface area contributed by atoms with E-state index in [1.165, 1.54) is 0 Å². The summed E-state index contributed by atoms with van der Waals surface area (Å²) in [5.74, 6) is -0.510. The van der Waals surface area contributed by atoms with E-state index in [0.717, 1.165) is 0 Å². The maximum absolute atomic E-state index is 11.6. The standard InChI is InChI=1S/C12H15ClN2O3/c1-2-18-15-11(16)7-8-14-12(17)9-3-5-10(13)6-4-9/h3-6H,2,7-8H2,1H3,(H,14,17)(H,15,16). The van der Waals surface area contributed by atoms with Crippen molar-refractivity contribution in [2.75, 3.05) is 13.2 Å². The van der Waals surface area contributed by atoms with Gasteiger partial charge in [-0.25, -0.2) is 5.48 Å². The Morgan fingerprint density at radius 2 is 1.94 bits per heavy atom. The van der Waals surface area contributed by atoms with Crippen LogP contribution in [0.3, 0.4) is 0 Å². The van der Waals surface area contributed by atoms with Crippen LogP contribution in [0.5, 0.6) is 0 Å². The van der Waals surface area contributed by atoms with Crippen LogP contribution in [0.1, 0.15) is 23.7 Å². The van der Waals surface area contributed by atoms with Gasteiger partial charge >= 0.3 is 0 Å². The maximum Gasteiger partial charge on any atom is 0.251 e. The second-order valence-electron chi connectivity index (χ2n) is 3.47. The molecule has 0 saturated carbocycles. The van der Waals surface area contributed by atoms with Crippen molar-refractivity contribution in [1.29, 1.82) is 0 Å². The number of hydroxylamine groups is 1. The number of amides is 2. The molecule has 0 aliphatic heterocycles. The summed E-state index contributed by atoms with van der Waals surface area (Å²) in [5, 5.41) is 3.20. The first kappa shape index (κ1) is 14.5. The molecule has 1 aromatic rings. The van der Waals surface area contributed by atoms with Crippen LogP contribution in [0.2, 0.25) is 5.02 Å². The molecule has 2 N–H and O–H groups in total. The fraction of sp³-hybridized carbons (Fsp3) is 0.333. The van der Waals surface area contributed by atoms with Gasteiger partial charge < -0.3 is 5.32 Å². The van der Waals surface area contributed by atoms with Crippen LogP contribution < -0.4 is 10.8 Å². The van der Waals surface area contributed by atoms with Gasteiger partial charge in [0, 0.05) is 23.6 Å². The van der Waals surface area contributed by atoms with Crippen molar-refractivity contribution in [2.24, 2.45) is 0 Å². The van der Waals surface area contributed by atoms with Gasteiger partial charge in [-0.3, -0.25) is 14.4 Å². The largest absolute Gasteiger partial charge is 0.352 e. The summed E-state index contributed by atoms with van der Waals surface area (Å²) >= 11 is 5.71. The molecule has 0 radical (unpaired) electrons. The fourth-order valence-corrected chi connectivity index (χ4v) is 1.32. The van der Waals surface area contributed by atoms with Gasteiger partial charge in [0.2, 0.25) is 5.91 Å². The molecule has 2 amide bonds. The van der Waals surface area contributed by atoms with E-state index in [0.29, 0.717) is 17.2 Å².